The van der Waals surface area contributed by atoms with E-state index in [-0.39, 0.29) is 24.1 Å². The third kappa shape index (κ3) is 4.44. The Kier molecular flexibility index (Phi) is 6.19. The summed E-state index contributed by atoms with van der Waals surface area (Å²) in [5.74, 6) is 0.204. The molecule has 5 nitrogen and oxygen atoms in total. The van der Waals surface area contributed by atoms with E-state index < -0.39 is 0 Å². The van der Waals surface area contributed by atoms with E-state index in [1.807, 2.05) is 18.2 Å². The Bertz CT molecular complexity index is 466. The molecule has 1 aromatic heterocycles. The van der Waals surface area contributed by atoms with Crippen molar-refractivity contribution in [2.24, 2.45) is 5.92 Å². The summed E-state index contributed by atoms with van der Waals surface area (Å²) in [6.07, 6.45) is 6.23. The van der Waals surface area contributed by atoms with E-state index in [1.165, 1.54) is 0 Å². The highest BCUT2D eigenvalue weighted by Crippen LogP contribution is 2.26. The van der Waals surface area contributed by atoms with E-state index >= 15 is 0 Å². The monoisotopic (exact) mass is 305 g/mol. The number of rotatable bonds is 6. The summed E-state index contributed by atoms with van der Waals surface area (Å²) < 4.78 is 0. The summed E-state index contributed by atoms with van der Waals surface area (Å²) in [6.45, 7) is 2.70. The molecule has 0 spiro atoms. The van der Waals surface area contributed by atoms with Crippen LogP contribution >= 0.6 is 0 Å². The zero-order valence-electron chi connectivity index (χ0n) is 13.5. The van der Waals surface area contributed by atoms with Gasteiger partial charge in [-0.2, -0.15) is 0 Å². The van der Waals surface area contributed by atoms with Crippen LogP contribution in [-0.2, 0) is 0 Å². The Hall–Kier alpha value is -1.62. The van der Waals surface area contributed by atoms with Gasteiger partial charge in [0.05, 0.1) is 17.8 Å². The lowest BCUT2D eigenvalue weighted by atomic mass is 10.1. The maximum atomic E-state index is 12.4. The molecule has 0 unspecified atom stereocenters. The molecule has 22 heavy (non-hydrogen) atoms. The molecule has 0 radical (unpaired) electrons. The molecular weight excluding hydrogens is 278 g/mol. The minimum atomic E-state index is -0.266. The Morgan fingerprint density at radius 3 is 2.91 bits per heavy atom. The number of nitrogens with zero attached hydrogens (tertiary/aromatic N) is 2. The van der Waals surface area contributed by atoms with Crippen molar-refractivity contribution in [2.75, 3.05) is 13.6 Å². The number of carbonyl (C=O) groups is 1. The highest BCUT2D eigenvalue weighted by Gasteiger charge is 2.28. The molecule has 2 amide bonds. The normalized spacial score (nSPS) is 22.3. The Morgan fingerprint density at radius 2 is 2.32 bits per heavy atom. The highest BCUT2D eigenvalue weighted by atomic mass is 16.3. The molecule has 3 atom stereocenters. The zero-order valence-corrected chi connectivity index (χ0v) is 13.5. The summed E-state index contributed by atoms with van der Waals surface area (Å²) in [6, 6.07) is 5.61. The number of carbonyl (C=O) groups excluding carboxylic acids is 1. The first-order chi connectivity index (χ1) is 10.6. The highest BCUT2D eigenvalue weighted by molar-refractivity contribution is 5.74. The van der Waals surface area contributed by atoms with Crippen molar-refractivity contribution in [3.63, 3.8) is 0 Å². The van der Waals surface area contributed by atoms with Crippen LogP contribution in [0.2, 0.25) is 0 Å². The minimum Gasteiger partial charge on any atom is -0.393 e. The molecule has 2 N–H and O–H groups in total. The number of aromatic nitrogens is 1. The number of hydrogen-bond donors (Lipinski definition) is 2. The number of amides is 2. The molecule has 5 heteroatoms. The van der Waals surface area contributed by atoms with E-state index in [4.69, 9.17) is 0 Å². The SMILES string of the molecule is CCC[C@H](NC(=O)N(C)C[C@H]1CCC[C@@H]1O)c1ccccn1. The fourth-order valence-electron chi connectivity index (χ4n) is 3.09. The maximum absolute atomic E-state index is 12.4. The maximum Gasteiger partial charge on any atom is 0.317 e. The molecule has 1 aliphatic carbocycles. The van der Waals surface area contributed by atoms with Gasteiger partial charge in [-0.3, -0.25) is 4.98 Å². The average molecular weight is 305 g/mol. The second-order valence-electron chi connectivity index (χ2n) is 6.18. The standard InChI is InChI=1S/C17H27N3O2/c1-3-7-15(14-9-4-5-11-18-14)19-17(22)20(2)12-13-8-6-10-16(13)21/h4-5,9,11,13,15-16,21H,3,6-8,10,12H2,1-2H3,(H,19,22)/t13-,15+,16+/m1/s1. The Morgan fingerprint density at radius 1 is 1.50 bits per heavy atom. The van der Waals surface area contributed by atoms with Gasteiger partial charge >= 0.3 is 6.03 Å². The fraction of sp³-hybridized carbons (Fsp3) is 0.647. The first kappa shape index (κ1) is 16.7. The number of aliphatic hydroxyl groups excluding tert-OH is 1. The summed E-state index contributed by atoms with van der Waals surface area (Å²) in [4.78, 5) is 18.4. The number of aliphatic hydroxyl groups is 1. The molecule has 1 heterocycles. The quantitative estimate of drug-likeness (QED) is 0.849. The first-order valence-corrected chi connectivity index (χ1v) is 8.22. The number of pyridine rings is 1. The molecule has 0 saturated heterocycles. The van der Waals surface area contributed by atoms with Crippen LogP contribution in [-0.4, -0.2) is 40.7 Å². The predicted octanol–water partition coefficient (Wildman–Crippen LogP) is 2.73. The largest absolute Gasteiger partial charge is 0.393 e. The van der Waals surface area contributed by atoms with Gasteiger partial charge in [0.1, 0.15) is 0 Å². The molecular formula is C17H27N3O2. The smallest absolute Gasteiger partial charge is 0.317 e. The molecule has 1 aromatic rings. The number of nitrogens with one attached hydrogen (secondary N) is 1. The van der Waals surface area contributed by atoms with Gasteiger partial charge in [0, 0.05) is 25.7 Å². The van der Waals surface area contributed by atoms with Crippen LogP contribution < -0.4 is 5.32 Å². The van der Waals surface area contributed by atoms with Gasteiger partial charge in [0.2, 0.25) is 0 Å². The molecule has 0 aromatic carbocycles. The fourth-order valence-corrected chi connectivity index (χ4v) is 3.09. The van der Waals surface area contributed by atoms with Crippen molar-refractivity contribution < 1.29 is 9.90 Å². The van der Waals surface area contributed by atoms with Crippen LogP contribution in [0.3, 0.4) is 0 Å². The Labute approximate surface area is 132 Å². The number of hydrogen-bond acceptors (Lipinski definition) is 3. The third-order valence-electron chi connectivity index (χ3n) is 4.39. The van der Waals surface area contributed by atoms with Gasteiger partial charge < -0.3 is 15.3 Å². The lowest BCUT2D eigenvalue weighted by molar-refractivity contribution is 0.113. The van der Waals surface area contributed by atoms with Gasteiger partial charge in [-0.05, 0) is 31.4 Å². The van der Waals surface area contributed by atoms with Crippen LogP contribution in [0.1, 0.15) is 50.8 Å². The van der Waals surface area contributed by atoms with Crippen molar-refractivity contribution in [1.82, 2.24) is 15.2 Å². The van der Waals surface area contributed by atoms with Crippen LogP contribution in [0.5, 0.6) is 0 Å². The van der Waals surface area contributed by atoms with E-state index in [0.717, 1.165) is 37.8 Å². The second-order valence-corrected chi connectivity index (χ2v) is 6.18. The molecule has 1 fully saturated rings. The summed E-state index contributed by atoms with van der Waals surface area (Å²) in [7, 11) is 1.79. The van der Waals surface area contributed by atoms with Gasteiger partial charge in [0.15, 0.2) is 0 Å². The molecule has 1 aliphatic rings. The van der Waals surface area contributed by atoms with Gasteiger partial charge in [0.25, 0.3) is 0 Å². The second kappa shape index (κ2) is 8.13. The Balaban J connectivity index is 1.92. The lowest BCUT2D eigenvalue weighted by Gasteiger charge is -2.26. The van der Waals surface area contributed by atoms with Gasteiger partial charge in [-0.15, -0.1) is 0 Å². The van der Waals surface area contributed by atoms with Crippen molar-refractivity contribution in [3.8, 4) is 0 Å². The molecule has 0 aliphatic heterocycles. The topological polar surface area (TPSA) is 65.5 Å². The zero-order chi connectivity index (χ0) is 15.9. The third-order valence-corrected chi connectivity index (χ3v) is 4.39. The van der Waals surface area contributed by atoms with E-state index in [1.54, 1.807) is 18.1 Å². The van der Waals surface area contributed by atoms with Crippen molar-refractivity contribution >= 4 is 6.03 Å². The van der Waals surface area contributed by atoms with Crippen molar-refractivity contribution in [2.45, 2.75) is 51.2 Å². The van der Waals surface area contributed by atoms with Crippen LogP contribution in [0, 0.1) is 5.92 Å². The first-order valence-electron chi connectivity index (χ1n) is 8.22. The van der Waals surface area contributed by atoms with E-state index in [0.29, 0.717) is 6.54 Å². The molecule has 122 valence electrons. The van der Waals surface area contributed by atoms with E-state index in [2.05, 4.69) is 17.2 Å². The minimum absolute atomic E-state index is 0.0605. The molecule has 0 bridgehead atoms. The predicted molar refractivity (Wildman–Crippen MR) is 86.4 cm³/mol. The van der Waals surface area contributed by atoms with Gasteiger partial charge in [-0.1, -0.05) is 25.8 Å². The summed E-state index contributed by atoms with van der Waals surface area (Å²) >= 11 is 0. The lowest BCUT2D eigenvalue weighted by Crippen LogP contribution is -2.42. The molecule has 1 saturated carbocycles. The van der Waals surface area contributed by atoms with Crippen molar-refractivity contribution in [1.29, 1.82) is 0 Å². The van der Waals surface area contributed by atoms with Crippen molar-refractivity contribution in [3.05, 3.63) is 30.1 Å². The van der Waals surface area contributed by atoms with Crippen LogP contribution in [0.25, 0.3) is 0 Å². The number of urea groups is 1. The average Bonchev–Trinajstić information content (AvgIpc) is 2.92. The summed E-state index contributed by atoms with van der Waals surface area (Å²) in [5.41, 5.74) is 0.895. The van der Waals surface area contributed by atoms with Crippen LogP contribution in [0.15, 0.2) is 24.4 Å². The molecule has 2 rings (SSSR count). The summed E-state index contributed by atoms with van der Waals surface area (Å²) in [5, 5.41) is 13.0. The van der Waals surface area contributed by atoms with E-state index in [9.17, 15) is 9.90 Å². The van der Waals surface area contributed by atoms with Gasteiger partial charge in [-0.25, -0.2) is 4.79 Å². The van der Waals surface area contributed by atoms with Crippen LogP contribution in [0.4, 0.5) is 4.79 Å².